The first-order valence-electron chi connectivity index (χ1n) is 9.77. The molecule has 0 aliphatic carbocycles. The second kappa shape index (κ2) is 9.22. The highest BCUT2D eigenvalue weighted by molar-refractivity contribution is 5.94. The predicted octanol–water partition coefficient (Wildman–Crippen LogP) is 4.10. The van der Waals surface area contributed by atoms with Gasteiger partial charge < -0.3 is 10.2 Å². The van der Waals surface area contributed by atoms with Gasteiger partial charge in [-0.15, -0.1) is 0 Å². The number of nitrogens with zero attached hydrogens (tertiary/aromatic N) is 3. The molecular weight excluding hydrogens is 348 g/mol. The van der Waals surface area contributed by atoms with Crippen molar-refractivity contribution in [3.63, 3.8) is 0 Å². The number of anilines is 1. The number of aromatic nitrogens is 2. The molecule has 28 heavy (non-hydrogen) atoms. The van der Waals surface area contributed by atoms with Crippen LogP contribution in [-0.4, -0.2) is 28.3 Å². The molecule has 5 heteroatoms. The molecule has 3 aromatic rings. The van der Waals surface area contributed by atoms with E-state index < -0.39 is 0 Å². The summed E-state index contributed by atoms with van der Waals surface area (Å²) in [5, 5.41) is 7.30. The molecule has 1 amide bonds. The maximum absolute atomic E-state index is 12.6. The second-order valence-corrected chi connectivity index (χ2v) is 7.08. The van der Waals surface area contributed by atoms with Crippen LogP contribution in [-0.2, 0) is 13.1 Å². The smallest absolute Gasteiger partial charge is 0.251 e. The zero-order valence-electron chi connectivity index (χ0n) is 16.8. The Bertz CT molecular complexity index is 885. The lowest BCUT2D eigenvalue weighted by Gasteiger charge is -2.27. The van der Waals surface area contributed by atoms with Crippen molar-refractivity contribution in [2.45, 2.75) is 39.9 Å². The largest absolute Gasteiger partial charge is 0.369 e. The van der Waals surface area contributed by atoms with Crippen molar-refractivity contribution in [3.8, 4) is 0 Å². The minimum Gasteiger partial charge on any atom is -0.369 e. The van der Waals surface area contributed by atoms with E-state index in [1.54, 1.807) is 6.20 Å². The van der Waals surface area contributed by atoms with Crippen LogP contribution < -0.4 is 10.2 Å². The summed E-state index contributed by atoms with van der Waals surface area (Å²) in [7, 11) is 0. The maximum Gasteiger partial charge on any atom is 0.251 e. The van der Waals surface area contributed by atoms with Crippen LogP contribution in [0.1, 0.15) is 42.3 Å². The second-order valence-electron chi connectivity index (χ2n) is 7.08. The number of carbonyl (C=O) groups excluding carboxylic acids is 1. The minimum atomic E-state index is -0.0620. The highest BCUT2D eigenvalue weighted by Gasteiger charge is 2.11. The van der Waals surface area contributed by atoms with Gasteiger partial charge in [-0.25, -0.2) is 0 Å². The molecular formula is C23H28N4O. The average Bonchev–Trinajstić information content (AvgIpc) is 3.21. The number of carbonyl (C=O) groups is 1. The molecule has 146 valence electrons. The molecule has 1 heterocycles. The summed E-state index contributed by atoms with van der Waals surface area (Å²) < 4.78 is 1.88. The molecule has 0 saturated heterocycles. The van der Waals surface area contributed by atoms with E-state index in [1.807, 2.05) is 59.4 Å². The molecule has 1 N–H and O–H groups in total. The highest BCUT2D eigenvalue weighted by Crippen LogP contribution is 2.18. The first-order valence-corrected chi connectivity index (χ1v) is 9.77. The Morgan fingerprint density at radius 2 is 1.79 bits per heavy atom. The van der Waals surface area contributed by atoms with Gasteiger partial charge in [0.05, 0.1) is 6.54 Å². The summed E-state index contributed by atoms with van der Waals surface area (Å²) in [5.41, 5.74) is 4.06. The Morgan fingerprint density at radius 3 is 2.39 bits per heavy atom. The Labute approximate surface area is 167 Å². The Morgan fingerprint density at radius 1 is 1.07 bits per heavy atom. The number of rotatable bonds is 8. The van der Waals surface area contributed by atoms with E-state index in [-0.39, 0.29) is 5.91 Å². The molecule has 0 spiro atoms. The van der Waals surface area contributed by atoms with Crippen LogP contribution in [0.2, 0.25) is 0 Å². The van der Waals surface area contributed by atoms with Crippen molar-refractivity contribution in [1.29, 1.82) is 0 Å². The Kier molecular flexibility index (Phi) is 6.48. The third kappa shape index (κ3) is 4.80. The van der Waals surface area contributed by atoms with Crippen LogP contribution in [0.3, 0.4) is 0 Å². The topological polar surface area (TPSA) is 50.2 Å². The van der Waals surface area contributed by atoms with E-state index in [9.17, 15) is 4.79 Å². The third-order valence-corrected chi connectivity index (χ3v) is 4.87. The van der Waals surface area contributed by atoms with Gasteiger partial charge in [-0.1, -0.05) is 24.3 Å². The molecule has 2 aromatic carbocycles. The van der Waals surface area contributed by atoms with Crippen LogP contribution in [0, 0.1) is 0 Å². The average molecular weight is 377 g/mol. The first-order chi connectivity index (χ1) is 13.6. The SMILES string of the molecule is CCN(c1ccc(C(=O)NCc2ccccc2Cn2cccn2)cc1)C(C)C. The van der Waals surface area contributed by atoms with Gasteiger partial charge in [0.25, 0.3) is 5.91 Å². The summed E-state index contributed by atoms with van der Waals surface area (Å²) in [6.07, 6.45) is 3.71. The van der Waals surface area contributed by atoms with E-state index in [1.165, 1.54) is 0 Å². The lowest BCUT2D eigenvalue weighted by Crippen LogP contribution is -2.30. The zero-order valence-corrected chi connectivity index (χ0v) is 16.8. The Hall–Kier alpha value is -3.08. The molecule has 0 aliphatic rings. The molecule has 3 rings (SSSR count). The zero-order chi connectivity index (χ0) is 19.9. The summed E-state index contributed by atoms with van der Waals surface area (Å²) >= 11 is 0. The maximum atomic E-state index is 12.6. The van der Waals surface area contributed by atoms with Crippen molar-refractivity contribution in [2.75, 3.05) is 11.4 Å². The fourth-order valence-electron chi connectivity index (χ4n) is 3.38. The van der Waals surface area contributed by atoms with Crippen molar-refractivity contribution < 1.29 is 4.79 Å². The standard InChI is InChI=1S/C23H28N4O/c1-4-27(18(2)3)22-12-10-19(11-13-22)23(28)24-16-20-8-5-6-9-21(20)17-26-15-7-14-25-26/h5-15,18H,4,16-17H2,1-3H3,(H,24,28). The molecule has 0 aliphatic heterocycles. The van der Waals surface area contributed by atoms with Crippen molar-refractivity contribution in [3.05, 3.63) is 83.7 Å². The van der Waals surface area contributed by atoms with Gasteiger partial charge in [0.2, 0.25) is 0 Å². The number of hydrogen-bond donors (Lipinski definition) is 1. The van der Waals surface area contributed by atoms with Crippen LogP contribution >= 0.6 is 0 Å². The molecule has 5 nitrogen and oxygen atoms in total. The number of amides is 1. The van der Waals surface area contributed by atoms with E-state index in [2.05, 4.69) is 42.2 Å². The number of benzene rings is 2. The van der Waals surface area contributed by atoms with Crippen LogP contribution in [0.25, 0.3) is 0 Å². The van der Waals surface area contributed by atoms with E-state index in [0.717, 1.165) is 23.4 Å². The van der Waals surface area contributed by atoms with Crippen LogP contribution in [0.4, 0.5) is 5.69 Å². The van der Waals surface area contributed by atoms with Gasteiger partial charge in [0, 0.05) is 42.8 Å². The predicted molar refractivity (Wildman–Crippen MR) is 114 cm³/mol. The molecule has 0 fully saturated rings. The number of nitrogens with one attached hydrogen (secondary N) is 1. The summed E-state index contributed by atoms with van der Waals surface area (Å²) in [6, 6.07) is 18.3. The van der Waals surface area contributed by atoms with Gasteiger partial charge in [0.1, 0.15) is 0 Å². The minimum absolute atomic E-state index is 0.0620. The lowest BCUT2D eigenvalue weighted by atomic mass is 10.1. The first kappa shape index (κ1) is 19.7. The van der Waals surface area contributed by atoms with Crippen LogP contribution in [0.15, 0.2) is 67.0 Å². The quantitative estimate of drug-likeness (QED) is 0.644. The van der Waals surface area contributed by atoms with Crippen molar-refractivity contribution in [1.82, 2.24) is 15.1 Å². The normalized spacial score (nSPS) is 10.9. The summed E-state index contributed by atoms with van der Waals surface area (Å²) in [4.78, 5) is 14.9. The molecule has 0 unspecified atom stereocenters. The summed E-state index contributed by atoms with van der Waals surface area (Å²) in [5.74, 6) is -0.0620. The summed E-state index contributed by atoms with van der Waals surface area (Å²) in [6.45, 7) is 8.61. The third-order valence-electron chi connectivity index (χ3n) is 4.87. The van der Waals surface area contributed by atoms with Gasteiger partial charge in [0.15, 0.2) is 0 Å². The molecule has 1 aromatic heterocycles. The van der Waals surface area contributed by atoms with Crippen LogP contribution in [0.5, 0.6) is 0 Å². The van der Waals surface area contributed by atoms with Crippen molar-refractivity contribution in [2.24, 2.45) is 0 Å². The van der Waals surface area contributed by atoms with Gasteiger partial charge >= 0.3 is 0 Å². The molecule has 0 radical (unpaired) electrons. The highest BCUT2D eigenvalue weighted by atomic mass is 16.1. The van der Waals surface area contributed by atoms with E-state index in [0.29, 0.717) is 24.7 Å². The van der Waals surface area contributed by atoms with E-state index >= 15 is 0 Å². The molecule has 0 saturated carbocycles. The van der Waals surface area contributed by atoms with E-state index in [4.69, 9.17) is 0 Å². The lowest BCUT2D eigenvalue weighted by molar-refractivity contribution is 0.0951. The Balaban J connectivity index is 1.64. The van der Waals surface area contributed by atoms with Crippen molar-refractivity contribution >= 4 is 11.6 Å². The number of hydrogen-bond acceptors (Lipinski definition) is 3. The monoisotopic (exact) mass is 376 g/mol. The fraction of sp³-hybridized carbons (Fsp3) is 0.304. The molecule has 0 bridgehead atoms. The molecule has 0 atom stereocenters. The van der Waals surface area contributed by atoms with Gasteiger partial charge in [-0.3, -0.25) is 9.48 Å². The fourth-order valence-corrected chi connectivity index (χ4v) is 3.38. The van der Waals surface area contributed by atoms with Gasteiger partial charge in [-0.05, 0) is 62.2 Å². The van der Waals surface area contributed by atoms with Gasteiger partial charge in [-0.2, -0.15) is 5.10 Å².